The van der Waals surface area contributed by atoms with Crippen LogP contribution in [0.2, 0.25) is 5.02 Å². The molecule has 0 aliphatic carbocycles. The molecule has 0 amide bonds. The average Bonchev–Trinajstić information content (AvgIpc) is 3.33. The maximum absolute atomic E-state index is 6.40. The minimum atomic E-state index is -0.0836. The zero-order chi connectivity index (χ0) is 24.9. The number of hydrogen-bond acceptors (Lipinski definition) is 2. The van der Waals surface area contributed by atoms with Crippen LogP contribution in [0.4, 0.5) is 5.69 Å². The van der Waals surface area contributed by atoms with Gasteiger partial charge in [-0.3, -0.25) is 4.98 Å². The number of benzene rings is 2. The molecule has 2 atom stereocenters. The minimum Gasteiger partial charge on any atom is -0.351 e. The predicted octanol–water partition coefficient (Wildman–Crippen LogP) is 7.24. The predicted molar refractivity (Wildman–Crippen MR) is 149 cm³/mol. The highest BCUT2D eigenvalue weighted by Gasteiger charge is 2.42. The first kappa shape index (κ1) is 23.6. The van der Waals surface area contributed by atoms with Crippen LogP contribution in [0.5, 0.6) is 0 Å². The molecule has 0 bridgehead atoms. The number of rotatable bonds is 4. The van der Waals surface area contributed by atoms with Gasteiger partial charge in [0.25, 0.3) is 0 Å². The number of halogens is 1. The van der Waals surface area contributed by atoms with E-state index >= 15 is 0 Å². The molecular weight excluding hydrogens is 472 g/mol. The molecule has 3 heterocycles. The van der Waals surface area contributed by atoms with Crippen LogP contribution in [-0.4, -0.2) is 14.7 Å². The molecule has 6 heteroatoms. The molecule has 2 aromatic carbocycles. The van der Waals surface area contributed by atoms with Crippen LogP contribution < -0.4 is 10.2 Å². The van der Waals surface area contributed by atoms with Gasteiger partial charge >= 0.3 is 0 Å². The highest BCUT2D eigenvalue weighted by molar-refractivity contribution is 7.80. The summed E-state index contributed by atoms with van der Waals surface area (Å²) in [6.45, 7) is 10.7. The Labute approximate surface area is 217 Å². The highest BCUT2D eigenvalue weighted by Crippen LogP contribution is 2.44. The fourth-order valence-electron chi connectivity index (χ4n) is 5.11. The molecule has 35 heavy (non-hydrogen) atoms. The molecule has 1 N–H and O–H groups in total. The summed E-state index contributed by atoms with van der Waals surface area (Å²) in [6, 6.07) is 20.8. The second-order valence-corrected chi connectivity index (χ2v) is 10.2. The normalized spacial score (nSPS) is 17.7. The first-order chi connectivity index (χ1) is 16.8. The van der Waals surface area contributed by atoms with Crippen LogP contribution in [0.3, 0.4) is 0 Å². The Bertz CT molecular complexity index is 1430. The van der Waals surface area contributed by atoms with Crippen molar-refractivity contribution in [3.8, 4) is 5.69 Å². The van der Waals surface area contributed by atoms with Crippen molar-refractivity contribution in [3.63, 3.8) is 0 Å². The molecule has 1 saturated heterocycles. The molecule has 2 unspecified atom stereocenters. The minimum absolute atomic E-state index is 0.0565. The van der Waals surface area contributed by atoms with Gasteiger partial charge in [0, 0.05) is 34.0 Å². The second kappa shape index (κ2) is 9.14. The van der Waals surface area contributed by atoms with Crippen LogP contribution in [0.15, 0.2) is 66.9 Å². The highest BCUT2D eigenvalue weighted by atomic mass is 35.5. The van der Waals surface area contributed by atoms with Crippen LogP contribution in [0, 0.1) is 34.6 Å². The van der Waals surface area contributed by atoms with Crippen molar-refractivity contribution in [1.29, 1.82) is 0 Å². The van der Waals surface area contributed by atoms with E-state index in [-0.39, 0.29) is 12.1 Å². The van der Waals surface area contributed by atoms with Gasteiger partial charge < -0.3 is 14.8 Å². The molecule has 1 aliphatic heterocycles. The summed E-state index contributed by atoms with van der Waals surface area (Å²) in [5.74, 6) is 0. The Hall–Kier alpha value is -3.15. The first-order valence-corrected chi connectivity index (χ1v) is 12.6. The molecule has 4 aromatic rings. The monoisotopic (exact) mass is 500 g/mol. The molecule has 0 spiro atoms. The number of hydrogen-bond donors (Lipinski definition) is 1. The summed E-state index contributed by atoms with van der Waals surface area (Å²) in [7, 11) is 0. The number of nitrogens with zero attached hydrogens (tertiary/aromatic N) is 3. The molecule has 4 nitrogen and oxygen atoms in total. The van der Waals surface area contributed by atoms with Crippen LogP contribution >= 0.6 is 23.8 Å². The van der Waals surface area contributed by atoms with E-state index in [1.54, 1.807) is 0 Å². The third kappa shape index (κ3) is 4.13. The lowest BCUT2D eigenvalue weighted by Gasteiger charge is -2.28. The summed E-state index contributed by atoms with van der Waals surface area (Å²) < 4.78 is 2.30. The van der Waals surface area contributed by atoms with E-state index in [9.17, 15) is 0 Å². The van der Waals surface area contributed by atoms with Gasteiger partial charge in [-0.15, -0.1) is 0 Å². The molecule has 178 valence electrons. The van der Waals surface area contributed by atoms with Crippen molar-refractivity contribution >= 4 is 34.6 Å². The van der Waals surface area contributed by atoms with Crippen LogP contribution in [0.25, 0.3) is 5.69 Å². The van der Waals surface area contributed by atoms with E-state index in [4.69, 9.17) is 28.8 Å². The maximum Gasteiger partial charge on any atom is 0.174 e. The SMILES string of the molecule is Cc1ccc(N2C(=S)NC(c3ccccn3)C2c2cc(C)n(-c3cc(Cl)ccc3C)c2C)cc1C. The van der Waals surface area contributed by atoms with Crippen LogP contribution in [-0.2, 0) is 0 Å². The lowest BCUT2D eigenvalue weighted by Crippen LogP contribution is -2.29. The first-order valence-electron chi connectivity index (χ1n) is 11.8. The summed E-state index contributed by atoms with van der Waals surface area (Å²) in [6.07, 6.45) is 1.84. The number of aromatic nitrogens is 2. The van der Waals surface area contributed by atoms with E-state index in [0.717, 1.165) is 27.8 Å². The number of pyridine rings is 1. The Balaban J connectivity index is 1.71. The molecule has 0 radical (unpaired) electrons. The van der Waals surface area contributed by atoms with Gasteiger partial charge in [0.1, 0.15) is 0 Å². The maximum atomic E-state index is 6.40. The van der Waals surface area contributed by atoms with E-state index in [2.05, 4.69) is 85.8 Å². The van der Waals surface area contributed by atoms with Gasteiger partial charge in [-0.2, -0.15) is 0 Å². The van der Waals surface area contributed by atoms with E-state index < -0.39 is 0 Å². The molecule has 0 saturated carbocycles. The van der Waals surface area contributed by atoms with Gasteiger partial charge in [-0.1, -0.05) is 29.8 Å². The summed E-state index contributed by atoms with van der Waals surface area (Å²) in [5, 5.41) is 5.02. The largest absolute Gasteiger partial charge is 0.351 e. The summed E-state index contributed by atoms with van der Waals surface area (Å²) in [5.41, 5.74) is 10.4. The van der Waals surface area contributed by atoms with Gasteiger partial charge in [-0.05, 0) is 112 Å². The Morgan fingerprint density at radius 1 is 0.886 bits per heavy atom. The summed E-state index contributed by atoms with van der Waals surface area (Å²) >= 11 is 12.3. The quantitative estimate of drug-likeness (QED) is 0.299. The van der Waals surface area contributed by atoms with Gasteiger partial charge in [0.2, 0.25) is 0 Å². The zero-order valence-electron chi connectivity index (χ0n) is 20.6. The molecule has 2 aromatic heterocycles. The Morgan fingerprint density at radius 2 is 1.66 bits per heavy atom. The Kier molecular flexibility index (Phi) is 6.16. The van der Waals surface area contributed by atoms with Crippen molar-refractivity contribution in [1.82, 2.24) is 14.9 Å². The van der Waals surface area contributed by atoms with E-state index in [0.29, 0.717) is 5.11 Å². The third-order valence-corrected chi connectivity index (χ3v) is 7.62. The fourth-order valence-corrected chi connectivity index (χ4v) is 5.62. The fraction of sp³-hybridized carbons (Fsp3) is 0.241. The van der Waals surface area contributed by atoms with E-state index in [1.165, 1.54) is 27.9 Å². The van der Waals surface area contributed by atoms with Crippen molar-refractivity contribution in [2.24, 2.45) is 0 Å². The molecular formula is C29H29ClN4S. The number of anilines is 1. The lowest BCUT2D eigenvalue weighted by molar-refractivity contribution is 0.565. The molecule has 1 aliphatic rings. The van der Waals surface area contributed by atoms with Gasteiger partial charge in [0.15, 0.2) is 5.11 Å². The van der Waals surface area contributed by atoms with Crippen LogP contribution in [0.1, 0.15) is 51.4 Å². The molecule has 5 rings (SSSR count). The Morgan fingerprint density at radius 3 is 2.37 bits per heavy atom. The number of aryl methyl sites for hydroxylation is 4. The van der Waals surface area contributed by atoms with Gasteiger partial charge in [-0.25, -0.2) is 0 Å². The van der Waals surface area contributed by atoms with Crippen molar-refractivity contribution < 1.29 is 0 Å². The average molecular weight is 501 g/mol. The lowest BCUT2D eigenvalue weighted by atomic mass is 9.96. The van der Waals surface area contributed by atoms with Crippen molar-refractivity contribution in [2.45, 2.75) is 46.7 Å². The van der Waals surface area contributed by atoms with Crippen molar-refractivity contribution in [2.75, 3.05) is 4.90 Å². The van der Waals surface area contributed by atoms with E-state index in [1.807, 2.05) is 30.5 Å². The number of nitrogens with one attached hydrogen (secondary N) is 1. The second-order valence-electron chi connectivity index (χ2n) is 9.36. The summed E-state index contributed by atoms with van der Waals surface area (Å²) in [4.78, 5) is 6.95. The number of thiocarbonyl (C=S) groups is 1. The topological polar surface area (TPSA) is 33.1 Å². The molecule has 1 fully saturated rings. The zero-order valence-corrected chi connectivity index (χ0v) is 22.2. The standard InChI is InChI=1S/C29H29ClN4S/c1-17-10-12-23(14-19(17)3)34-28(27(32-29(34)35)25-8-6-7-13-31-25)24-15-20(4)33(21(24)5)26-16-22(30)11-9-18(26)2/h6-16,27-28H,1-5H3,(H,32,35). The van der Waals surface area contributed by atoms with Crippen molar-refractivity contribution in [3.05, 3.63) is 111 Å². The third-order valence-electron chi connectivity index (χ3n) is 7.07. The van der Waals surface area contributed by atoms with Gasteiger partial charge in [0.05, 0.1) is 17.8 Å². The smallest absolute Gasteiger partial charge is 0.174 e.